The molecule has 0 saturated heterocycles. The molecule has 1 aromatic carbocycles. The highest BCUT2D eigenvalue weighted by molar-refractivity contribution is 5.21. The molecule has 0 unspecified atom stereocenters. The monoisotopic (exact) mass is 301 g/mol. The van der Waals surface area contributed by atoms with E-state index in [0.29, 0.717) is 0 Å². The Morgan fingerprint density at radius 1 is 1.27 bits per heavy atom. The Labute approximate surface area is 130 Å². The number of aliphatic hydroxyl groups excluding tert-OH is 1. The molecule has 1 aromatic heterocycles. The van der Waals surface area contributed by atoms with Gasteiger partial charge < -0.3 is 9.84 Å². The second-order valence-corrected chi connectivity index (χ2v) is 5.96. The van der Waals surface area contributed by atoms with E-state index in [1.165, 1.54) is 0 Å². The van der Waals surface area contributed by atoms with Crippen LogP contribution in [0.3, 0.4) is 0 Å². The normalized spacial score (nSPS) is 25.3. The third-order valence-corrected chi connectivity index (χ3v) is 4.34. The molecule has 2 aromatic rings. The van der Waals surface area contributed by atoms with E-state index in [4.69, 9.17) is 4.74 Å². The molecule has 118 valence electrons. The van der Waals surface area contributed by atoms with Crippen LogP contribution in [0.4, 0.5) is 0 Å². The van der Waals surface area contributed by atoms with Crippen LogP contribution in [-0.2, 0) is 6.54 Å². The Morgan fingerprint density at radius 3 is 2.82 bits per heavy atom. The van der Waals surface area contributed by atoms with Gasteiger partial charge in [0.25, 0.3) is 0 Å². The molecule has 1 fully saturated rings. The van der Waals surface area contributed by atoms with Gasteiger partial charge in [0.05, 0.1) is 0 Å². The van der Waals surface area contributed by atoms with Crippen LogP contribution in [0.5, 0.6) is 5.75 Å². The summed E-state index contributed by atoms with van der Waals surface area (Å²) in [4.78, 5) is 2.18. The quantitative estimate of drug-likeness (QED) is 0.889. The number of nitrogens with zero attached hydrogens (tertiary/aromatic N) is 2. The Hall–Kier alpha value is -1.85. The summed E-state index contributed by atoms with van der Waals surface area (Å²) in [7, 11) is 2.04. The van der Waals surface area contributed by atoms with Crippen molar-refractivity contribution in [1.29, 1.82) is 0 Å². The van der Waals surface area contributed by atoms with E-state index in [1.807, 2.05) is 43.4 Å². The van der Waals surface area contributed by atoms with Gasteiger partial charge >= 0.3 is 0 Å². The summed E-state index contributed by atoms with van der Waals surface area (Å²) in [6.07, 6.45) is 4.06. The number of aliphatic hydroxyl groups is 1. The Kier molecular flexibility index (Phi) is 4.75. The van der Waals surface area contributed by atoms with Gasteiger partial charge in [-0.25, -0.2) is 0 Å². The number of aromatic amines is 1. The number of rotatable bonds is 5. The third-order valence-electron chi connectivity index (χ3n) is 4.34. The number of hydrogen-bond donors (Lipinski definition) is 2. The van der Waals surface area contributed by atoms with Gasteiger partial charge in [-0.15, -0.1) is 0 Å². The van der Waals surface area contributed by atoms with Gasteiger partial charge in [0.1, 0.15) is 18.0 Å². The lowest BCUT2D eigenvalue weighted by atomic mass is 9.89. The van der Waals surface area contributed by atoms with Crippen molar-refractivity contribution in [1.82, 2.24) is 15.1 Å². The van der Waals surface area contributed by atoms with Crippen molar-refractivity contribution >= 4 is 0 Å². The van der Waals surface area contributed by atoms with Crippen LogP contribution >= 0.6 is 0 Å². The second-order valence-electron chi connectivity index (χ2n) is 5.96. The molecule has 3 rings (SSSR count). The maximum Gasteiger partial charge on any atom is 0.126 e. The maximum atomic E-state index is 10.7. The second kappa shape index (κ2) is 6.94. The molecule has 0 amide bonds. The smallest absolute Gasteiger partial charge is 0.126 e. The largest absolute Gasteiger partial charge is 0.488 e. The molecule has 1 heterocycles. The number of nitrogens with one attached hydrogen (secondary N) is 1. The molecule has 0 radical (unpaired) electrons. The van der Waals surface area contributed by atoms with Gasteiger partial charge in [0.2, 0.25) is 0 Å². The number of hydrogen-bond acceptors (Lipinski definition) is 4. The van der Waals surface area contributed by atoms with E-state index in [1.54, 1.807) is 6.20 Å². The molecule has 1 aliphatic carbocycles. The van der Waals surface area contributed by atoms with Gasteiger partial charge in [-0.3, -0.25) is 10.00 Å². The predicted molar refractivity (Wildman–Crippen MR) is 84.6 cm³/mol. The van der Waals surface area contributed by atoms with Crippen molar-refractivity contribution < 1.29 is 9.84 Å². The molecule has 22 heavy (non-hydrogen) atoms. The Balaban J connectivity index is 1.63. The van der Waals surface area contributed by atoms with Gasteiger partial charge in [-0.1, -0.05) is 18.2 Å². The van der Waals surface area contributed by atoms with Crippen molar-refractivity contribution in [2.24, 2.45) is 0 Å². The predicted octanol–water partition coefficient (Wildman–Crippen LogP) is 2.20. The molecular weight excluding hydrogens is 278 g/mol. The summed E-state index contributed by atoms with van der Waals surface area (Å²) in [6.45, 7) is 0.750. The number of para-hydroxylation sites is 1. The average molecular weight is 301 g/mol. The van der Waals surface area contributed by atoms with Gasteiger partial charge in [0, 0.05) is 24.5 Å². The standard InChI is InChI=1S/C17H23N3O2/c1-20(12-13-10-11-18-19-13)15-8-5-9-16(17(15)21)22-14-6-3-2-4-7-14/h2-4,6-7,10-11,15-17,21H,5,8-9,12H2,1H3,(H,18,19)/t15-,16+,17+/m1/s1. The Morgan fingerprint density at radius 2 is 2.09 bits per heavy atom. The van der Waals surface area contributed by atoms with Crippen LogP contribution in [0.2, 0.25) is 0 Å². The summed E-state index contributed by atoms with van der Waals surface area (Å²) in [6, 6.07) is 11.8. The lowest BCUT2D eigenvalue weighted by Gasteiger charge is -2.39. The maximum absolute atomic E-state index is 10.7. The molecule has 0 spiro atoms. The number of aromatic nitrogens is 2. The first kappa shape index (κ1) is 15.1. The minimum Gasteiger partial charge on any atom is -0.488 e. The SMILES string of the molecule is CN(Cc1ccn[nH]1)[C@@H]1CCC[C@H](Oc2ccccc2)[C@H]1O. The van der Waals surface area contributed by atoms with Crippen LogP contribution in [-0.4, -0.2) is 45.5 Å². The van der Waals surface area contributed by atoms with Crippen molar-refractivity contribution in [3.63, 3.8) is 0 Å². The van der Waals surface area contributed by atoms with E-state index in [9.17, 15) is 5.11 Å². The first-order chi connectivity index (χ1) is 10.7. The number of H-pyrrole nitrogens is 1. The molecule has 5 heteroatoms. The summed E-state index contributed by atoms with van der Waals surface area (Å²) >= 11 is 0. The van der Waals surface area contributed by atoms with Crippen molar-refractivity contribution in [2.75, 3.05) is 7.05 Å². The highest BCUT2D eigenvalue weighted by Gasteiger charge is 2.35. The van der Waals surface area contributed by atoms with E-state index < -0.39 is 6.10 Å². The van der Waals surface area contributed by atoms with Gasteiger partial charge in [0.15, 0.2) is 0 Å². The topological polar surface area (TPSA) is 61.4 Å². The summed E-state index contributed by atoms with van der Waals surface area (Å²) in [5.74, 6) is 0.823. The zero-order valence-corrected chi connectivity index (χ0v) is 12.9. The molecule has 3 atom stereocenters. The summed E-state index contributed by atoms with van der Waals surface area (Å²) in [5, 5.41) is 17.6. The van der Waals surface area contributed by atoms with E-state index in [2.05, 4.69) is 15.1 Å². The number of ether oxygens (including phenoxy) is 1. The lowest BCUT2D eigenvalue weighted by molar-refractivity contribution is -0.0493. The van der Waals surface area contributed by atoms with Crippen molar-refractivity contribution in [3.8, 4) is 5.75 Å². The van der Waals surface area contributed by atoms with E-state index >= 15 is 0 Å². The van der Waals surface area contributed by atoms with Crippen LogP contribution in [0.15, 0.2) is 42.6 Å². The first-order valence-electron chi connectivity index (χ1n) is 7.82. The minimum atomic E-state index is -0.484. The minimum absolute atomic E-state index is 0.103. The molecule has 5 nitrogen and oxygen atoms in total. The van der Waals surface area contributed by atoms with Crippen LogP contribution in [0, 0.1) is 0 Å². The molecule has 0 bridgehead atoms. The lowest BCUT2D eigenvalue weighted by Crippen LogP contribution is -2.51. The molecule has 0 aliphatic heterocycles. The molecular formula is C17H23N3O2. The fourth-order valence-electron chi connectivity index (χ4n) is 3.16. The molecule has 2 N–H and O–H groups in total. The highest BCUT2D eigenvalue weighted by Crippen LogP contribution is 2.27. The zero-order chi connectivity index (χ0) is 15.4. The fourth-order valence-corrected chi connectivity index (χ4v) is 3.16. The van der Waals surface area contributed by atoms with Crippen LogP contribution in [0.25, 0.3) is 0 Å². The van der Waals surface area contributed by atoms with Gasteiger partial charge in [-0.2, -0.15) is 5.10 Å². The van der Waals surface area contributed by atoms with Crippen molar-refractivity contribution in [3.05, 3.63) is 48.3 Å². The summed E-state index contributed by atoms with van der Waals surface area (Å²) in [5.41, 5.74) is 1.06. The Bertz CT molecular complexity index is 559. The van der Waals surface area contributed by atoms with Crippen LogP contribution in [0.1, 0.15) is 25.0 Å². The fraction of sp³-hybridized carbons (Fsp3) is 0.471. The van der Waals surface area contributed by atoms with Crippen molar-refractivity contribution in [2.45, 2.75) is 44.1 Å². The van der Waals surface area contributed by atoms with E-state index in [0.717, 1.165) is 37.3 Å². The third kappa shape index (κ3) is 3.48. The van der Waals surface area contributed by atoms with Gasteiger partial charge in [-0.05, 0) is 44.5 Å². The zero-order valence-electron chi connectivity index (χ0n) is 12.9. The molecule has 1 saturated carbocycles. The first-order valence-corrected chi connectivity index (χ1v) is 7.82. The van der Waals surface area contributed by atoms with Crippen LogP contribution < -0.4 is 4.74 Å². The summed E-state index contributed by atoms with van der Waals surface area (Å²) < 4.78 is 5.99. The highest BCUT2D eigenvalue weighted by atomic mass is 16.5. The number of benzene rings is 1. The average Bonchev–Trinajstić information content (AvgIpc) is 3.03. The van der Waals surface area contributed by atoms with E-state index in [-0.39, 0.29) is 12.1 Å². The molecule has 1 aliphatic rings. The number of likely N-dealkylation sites (N-methyl/N-ethyl adjacent to an activating group) is 1.